The fourth-order valence-electron chi connectivity index (χ4n) is 1.49. The molecule has 90 valence electrons. The second-order valence-electron chi connectivity index (χ2n) is 3.67. The summed E-state index contributed by atoms with van der Waals surface area (Å²) >= 11 is 2.97. The number of thioether (sulfide) groups is 1. The van der Waals surface area contributed by atoms with Gasteiger partial charge in [-0.1, -0.05) is 6.07 Å². The minimum absolute atomic E-state index is 0.0641. The summed E-state index contributed by atoms with van der Waals surface area (Å²) in [6.07, 6.45) is 3.65. The van der Waals surface area contributed by atoms with Crippen LogP contribution in [0.1, 0.15) is 17.8 Å². The molecule has 0 aliphatic rings. The Kier molecular flexibility index (Phi) is 3.81. The van der Waals surface area contributed by atoms with Crippen LogP contribution in [0.3, 0.4) is 0 Å². The van der Waals surface area contributed by atoms with Crippen molar-refractivity contribution in [2.75, 3.05) is 6.26 Å². The van der Waals surface area contributed by atoms with Crippen LogP contribution in [0.25, 0.3) is 10.6 Å². The Morgan fingerprint density at radius 3 is 2.82 bits per heavy atom. The molecular weight excluding hydrogens is 255 g/mol. The van der Waals surface area contributed by atoms with E-state index in [0.29, 0.717) is 10.6 Å². The molecule has 0 radical (unpaired) electrons. The third-order valence-electron chi connectivity index (χ3n) is 2.38. The molecule has 2 aromatic rings. The lowest BCUT2D eigenvalue weighted by Crippen LogP contribution is -2.01. The van der Waals surface area contributed by atoms with Gasteiger partial charge in [-0.3, -0.25) is 0 Å². The molecule has 0 aliphatic heterocycles. The maximum Gasteiger partial charge on any atom is 0.134 e. The topological polar surface area (TPSA) is 38.9 Å². The second-order valence-corrected chi connectivity index (χ2v) is 5.58. The van der Waals surface area contributed by atoms with E-state index < -0.39 is 0 Å². The van der Waals surface area contributed by atoms with Crippen LogP contribution in [-0.2, 0) is 0 Å². The summed E-state index contributed by atoms with van der Waals surface area (Å²) in [6.45, 7) is 1.90. The van der Waals surface area contributed by atoms with Crippen LogP contribution in [0, 0.1) is 5.82 Å². The molecule has 0 aliphatic carbocycles. The van der Waals surface area contributed by atoms with Crippen LogP contribution >= 0.6 is 23.1 Å². The Balaban J connectivity index is 2.51. The van der Waals surface area contributed by atoms with Crippen LogP contribution in [0.2, 0.25) is 0 Å². The van der Waals surface area contributed by atoms with Crippen molar-refractivity contribution in [3.8, 4) is 10.6 Å². The maximum atomic E-state index is 13.9. The average molecular weight is 268 g/mol. The highest BCUT2D eigenvalue weighted by molar-refractivity contribution is 7.98. The first-order valence-electron chi connectivity index (χ1n) is 5.17. The van der Waals surface area contributed by atoms with E-state index in [1.807, 2.05) is 19.2 Å². The fourth-order valence-corrected chi connectivity index (χ4v) is 3.10. The van der Waals surface area contributed by atoms with Crippen LogP contribution in [0.5, 0.6) is 0 Å². The summed E-state index contributed by atoms with van der Waals surface area (Å²) in [5.74, 6) is -0.234. The molecule has 1 unspecified atom stereocenters. The number of benzene rings is 1. The number of aromatic nitrogens is 1. The van der Waals surface area contributed by atoms with Crippen LogP contribution < -0.4 is 5.73 Å². The second kappa shape index (κ2) is 5.16. The van der Waals surface area contributed by atoms with E-state index in [1.165, 1.54) is 29.2 Å². The minimum Gasteiger partial charge on any atom is -0.323 e. The summed E-state index contributed by atoms with van der Waals surface area (Å²) < 4.78 is 13.9. The van der Waals surface area contributed by atoms with Gasteiger partial charge in [0.1, 0.15) is 10.8 Å². The van der Waals surface area contributed by atoms with E-state index in [4.69, 9.17) is 5.73 Å². The zero-order valence-corrected chi connectivity index (χ0v) is 11.2. The van der Waals surface area contributed by atoms with Gasteiger partial charge in [-0.25, -0.2) is 9.37 Å². The molecule has 1 atom stereocenters. The average Bonchev–Trinajstić information content (AvgIpc) is 2.77. The number of nitrogens with two attached hydrogens (primary N) is 1. The lowest BCUT2D eigenvalue weighted by molar-refractivity contribution is 0.628. The quantitative estimate of drug-likeness (QED) is 0.863. The lowest BCUT2D eigenvalue weighted by atomic mass is 10.2. The zero-order valence-electron chi connectivity index (χ0n) is 9.61. The molecular formula is C12H13FN2S2. The highest BCUT2D eigenvalue weighted by atomic mass is 32.2. The molecule has 0 saturated carbocycles. The summed E-state index contributed by atoms with van der Waals surface area (Å²) in [4.78, 5) is 6.13. The summed E-state index contributed by atoms with van der Waals surface area (Å²) in [7, 11) is 0. The molecule has 5 heteroatoms. The molecule has 17 heavy (non-hydrogen) atoms. The van der Waals surface area contributed by atoms with E-state index in [0.717, 1.165) is 9.77 Å². The van der Waals surface area contributed by atoms with Crippen molar-refractivity contribution in [2.45, 2.75) is 17.9 Å². The largest absolute Gasteiger partial charge is 0.323 e. The van der Waals surface area contributed by atoms with Gasteiger partial charge in [-0.15, -0.1) is 23.1 Å². The van der Waals surface area contributed by atoms with Gasteiger partial charge in [0.15, 0.2) is 0 Å². The predicted molar refractivity (Wildman–Crippen MR) is 71.9 cm³/mol. The van der Waals surface area contributed by atoms with Crippen molar-refractivity contribution < 1.29 is 4.39 Å². The zero-order chi connectivity index (χ0) is 12.4. The van der Waals surface area contributed by atoms with E-state index >= 15 is 0 Å². The molecule has 2 nitrogen and oxygen atoms in total. The normalized spacial score (nSPS) is 12.7. The predicted octanol–water partition coefficient (Wildman–Crippen LogP) is 3.69. The first kappa shape index (κ1) is 12.5. The molecule has 2 N–H and O–H groups in total. The summed E-state index contributed by atoms with van der Waals surface area (Å²) in [5, 5.41) is 0.694. The van der Waals surface area contributed by atoms with Gasteiger partial charge in [0.2, 0.25) is 0 Å². The molecule has 0 spiro atoms. The summed E-state index contributed by atoms with van der Waals surface area (Å²) in [6, 6.07) is 5.01. The van der Waals surface area contributed by atoms with Gasteiger partial charge in [0.25, 0.3) is 0 Å². The van der Waals surface area contributed by atoms with Gasteiger partial charge in [0.05, 0.1) is 5.56 Å². The Labute approximate surface area is 108 Å². The highest BCUT2D eigenvalue weighted by Gasteiger charge is 2.15. The number of hydrogen-bond acceptors (Lipinski definition) is 4. The molecule has 0 saturated heterocycles. The third kappa shape index (κ3) is 2.51. The van der Waals surface area contributed by atoms with Crippen molar-refractivity contribution in [3.63, 3.8) is 0 Å². The van der Waals surface area contributed by atoms with Crippen molar-refractivity contribution >= 4 is 23.1 Å². The minimum atomic E-state index is -0.234. The van der Waals surface area contributed by atoms with Gasteiger partial charge < -0.3 is 5.73 Å². The van der Waals surface area contributed by atoms with Crippen LogP contribution in [-0.4, -0.2) is 11.2 Å². The molecule has 0 amide bonds. The van der Waals surface area contributed by atoms with Gasteiger partial charge in [0, 0.05) is 22.0 Å². The van der Waals surface area contributed by atoms with Gasteiger partial charge >= 0.3 is 0 Å². The number of hydrogen-bond donors (Lipinski definition) is 1. The molecule has 1 aromatic carbocycles. The fraction of sp³-hybridized carbons (Fsp3) is 0.250. The first-order chi connectivity index (χ1) is 8.13. The van der Waals surface area contributed by atoms with Crippen LogP contribution in [0.15, 0.2) is 29.3 Å². The maximum absolute atomic E-state index is 13.9. The summed E-state index contributed by atoms with van der Waals surface area (Å²) in [5.41, 5.74) is 6.37. The van der Waals surface area contributed by atoms with E-state index in [2.05, 4.69) is 4.98 Å². The van der Waals surface area contributed by atoms with Crippen molar-refractivity contribution in [2.24, 2.45) is 5.73 Å². The smallest absolute Gasteiger partial charge is 0.134 e. The Morgan fingerprint density at radius 2 is 2.24 bits per heavy atom. The Hall–Kier alpha value is -0.910. The van der Waals surface area contributed by atoms with E-state index in [-0.39, 0.29) is 11.9 Å². The van der Waals surface area contributed by atoms with Gasteiger partial charge in [-0.2, -0.15) is 0 Å². The standard InChI is InChI=1S/C12H13FN2S2/c1-7(14)10-6-15-12(17-10)11-8(13)4-3-5-9(11)16-2/h3-7H,14H2,1-2H3. The third-order valence-corrected chi connectivity index (χ3v) is 4.38. The molecule has 1 heterocycles. The SMILES string of the molecule is CSc1cccc(F)c1-c1ncc(C(C)N)s1. The van der Waals surface area contributed by atoms with E-state index in [1.54, 1.807) is 12.3 Å². The van der Waals surface area contributed by atoms with Crippen molar-refractivity contribution in [3.05, 3.63) is 35.1 Å². The number of rotatable bonds is 3. The highest BCUT2D eigenvalue weighted by Crippen LogP contribution is 2.35. The Bertz CT molecular complexity index is 523. The van der Waals surface area contributed by atoms with E-state index in [9.17, 15) is 4.39 Å². The molecule has 0 fully saturated rings. The number of halogens is 1. The number of thiazole rings is 1. The Morgan fingerprint density at radius 1 is 1.47 bits per heavy atom. The monoisotopic (exact) mass is 268 g/mol. The number of nitrogens with zero attached hydrogens (tertiary/aromatic N) is 1. The van der Waals surface area contributed by atoms with Gasteiger partial charge in [-0.05, 0) is 25.3 Å². The van der Waals surface area contributed by atoms with Crippen molar-refractivity contribution in [1.29, 1.82) is 0 Å². The molecule has 1 aromatic heterocycles. The molecule has 2 rings (SSSR count). The molecule has 0 bridgehead atoms. The van der Waals surface area contributed by atoms with Crippen LogP contribution in [0.4, 0.5) is 4.39 Å². The lowest BCUT2D eigenvalue weighted by Gasteiger charge is -2.05. The first-order valence-corrected chi connectivity index (χ1v) is 7.21. The van der Waals surface area contributed by atoms with Crippen molar-refractivity contribution in [1.82, 2.24) is 4.98 Å².